The third-order valence-electron chi connectivity index (χ3n) is 3.41. The molecule has 2 nitrogen and oxygen atoms in total. The summed E-state index contributed by atoms with van der Waals surface area (Å²) in [6.07, 6.45) is 2.65. The molecule has 88 valence electrons. The second-order valence-corrected chi connectivity index (χ2v) is 5.34. The fourth-order valence-corrected chi connectivity index (χ4v) is 1.98. The average molecular weight is 219 g/mol. The van der Waals surface area contributed by atoms with Gasteiger partial charge in [0.25, 0.3) is 0 Å². The highest BCUT2D eigenvalue weighted by Crippen LogP contribution is 2.54. The largest absolute Gasteiger partial charge is 0.491 e. The topological polar surface area (TPSA) is 35.2 Å². The van der Waals surface area contributed by atoms with Crippen molar-refractivity contribution in [3.05, 3.63) is 29.8 Å². The van der Waals surface area contributed by atoms with Crippen LogP contribution in [0.1, 0.15) is 45.2 Å². The van der Waals surface area contributed by atoms with Gasteiger partial charge in [0, 0.05) is 11.6 Å². The molecule has 0 amide bonds. The molecule has 1 aromatic carbocycles. The van der Waals surface area contributed by atoms with E-state index in [1.165, 1.54) is 12.8 Å². The van der Waals surface area contributed by atoms with Gasteiger partial charge in [-0.1, -0.05) is 25.1 Å². The molecule has 0 spiro atoms. The summed E-state index contributed by atoms with van der Waals surface area (Å²) in [7, 11) is 0. The Hall–Kier alpha value is -1.02. The minimum Gasteiger partial charge on any atom is -0.491 e. The molecule has 1 aliphatic rings. The lowest BCUT2D eigenvalue weighted by Gasteiger charge is -2.23. The summed E-state index contributed by atoms with van der Waals surface area (Å²) in [6, 6.07) is 8.24. The first-order chi connectivity index (χ1) is 7.53. The molecular formula is C14H21NO. The summed E-state index contributed by atoms with van der Waals surface area (Å²) in [4.78, 5) is 0. The normalized spacial score (nSPS) is 19.6. The van der Waals surface area contributed by atoms with Crippen LogP contribution < -0.4 is 10.5 Å². The number of rotatable bonds is 4. The van der Waals surface area contributed by atoms with Crippen molar-refractivity contribution in [2.45, 2.75) is 45.8 Å². The Morgan fingerprint density at radius 1 is 1.25 bits per heavy atom. The number of ether oxygens (including phenoxy) is 1. The molecule has 0 aromatic heterocycles. The maximum atomic E-state index is 6.33. The van der Waals surface area contributed by atoms with Crippen LogP contribution in [-0.4, -0.2) is 6.10 Å². The highest BCUT2D eigenvalue weighted by Gasteiger charge is 2.44. The van der Waals surface area contributed by atoms with Crippen LogP contribution in [0.2, 0.25) is 0 Å². The van der Waals surface area contributed by atoms with Crippen LogP contribution >= 0.6 is 0 Å². The smallest absolute Gasteiger partial charge is 0.124 e. The zero-order valence-electron chi connectivity index (χ0n) is 10.4. The zero-order chi connectivity index (χ0) is 11.8. The molecule has 1 atom stereocenters. The van der Waals surface area contributed by atoms with Crippen LogP contribution in [0.25, 0.3) is 0 Å². The fraction of sp³-hybridized carbons (Fsp3) is 0.571. The van der Waals surface area contributed by atoms with Gasteiger partial charge in [0.05, 0.1) is 6.10 Å². The Bertz CT molecular complexity index is 369. The van der Waals surface area contributed by atoms with Gasteiger partial charge >= 0.3 is 0 Å². The quantitative estimate of drug-likeness (QED) is 0.843. The van der Waals surface area contributed by atoms with E-state index in [0.717, 1.165) is 11.3 Å². The van der Waals surface area contributed by atoms with Gasteiger partial charge in [0.2, 0.25) is 0 Å². The Morgan fingerprint density at radius 2 is 1.88 bits per heavy atom. The molecule has 0 aliphatic heterocycles. The lowest BCUT2D eigenvalue weighted by Crippen LogP contribution is -2.21. The molecule has 1 saturated carbocycles. The van der Waals surface area contributed by atoms with Gasteiger partial charge in [-0.15, -0.1) is 0 Å². The van der Waals surface area contributed by atoms with Gasteiger partial charge in [0.1, 0.15) is 5.75 Å². The molecule has 16 heavy (non-hydrogen) atoms. The highest BCUT2D eigenvalue weighted by atomic mass is 16.5. The zero-order valence-corrected chi connectivity index (χ0v) is 10.4. The molecule has 1 fully saturated rings. The van der Waals surface area contributed by atoms with Crippen LogP contribution in [0.5, 0.6) is 5.75 Å². The molecule has 2 heteroatoms. The summed E-state index contributed by atoms with van der Waals surface area (Å²) >= 11 is 0. The first kappa shape index (κ1) is 11.5. The summed E-state index contributed by atoms with van der Waals surface area (Å²) in [5, 5.41) is 0. The van der Waals surface area contributed by atoms with Gasteiger partial charge in [0.15, 0.2) is 0 Å². The van der Waals surface area contributed by atoms with Crippen LogP contribution in [0.4, 0.5) is 0 Å². The lowest BCUT2D eigenvalue weighted by atomic mass is 9.92. The second kappa shape index (κ2) is 4.10. The van der Waals surface area contributed by atoms with Crippen molar-refractivity contribution >= 4 is 0 Å². The number of hydrogen-bond donors (Lipinski definition) is 1. The maximum absolute atomic E-state index is 6.33. The van der Waals surface area contributed by atoms with E-state index in [9.17, 15) is 0 Å². The molecule has 1 unspecified atom stereocenters. The van der Waals surface area contributed by atoms with E-state index in [-0.39, 0.29) is 17.6 Å². The van der Waals surface area contributed by atoms with Gasteiger partial charge in [-0.05, 0) is 38.2 Å². The van der Waals surface area contributed by atoms with Crippen LogP contribution in [0.3, 0.4) is 0 Å². The second-order valence-electron chi connectivity index (χ2n) is 5.34. The number of benzene rings is 1. The van der Waals surface area contributed by atoms with Crippen LogP contribution in [0.15, 0.2) is 24.3 Å². The Kier molecular flexibility index (Phi) is 2.94. The van der Waals surface area contributed by atoms with Gasteiger partial charge < -0.3 is 10.5 Å². The van der Waals surface area contributed by atoms with Crippen molar-refractivity contribution in [1.29, 1.82) is 0 Å². The minimum absolute atomic E-state index is 0.0995. The lowest BCUT2D eigenvalue weighted by molar-refractivity contribution is 0.236. The van der Waals surface area contributed by atoms with E-state index < -0.39 is 0 Å². The van der Waals surface area contributed by atoms with Crippen molar-refractivity contribution in [3.63, 3.8) is 0 Å². The fourth-order valence-electron chi connectivity index (χ4n) is 1.98. The Balaban J connectivity index is 2.25. The van der Waals surface area contributed by atoms with Crippen LogP contribution in [0, 0.1) is 5.41 Å². The first-order valence-electron chi connectivity index (χ1n) is 6.04. The monoisotopic (exact) mass is 219 g/mol. The molecule has 0 bridgehead atoms. The summed E-state index contributed by atoms with van der Waals surface area (Å²) in [5.74, 6) is 0.943. The standard InChI is InChI=1S/C14H21NO/c1-10(2)16-12-7-5-4-6-11(12)13(15)14(3)8-9-14/h4-7,10,13H,8-9,15H2,1-3H3. The third kappa shape index (κ3) is 2.22. The molecule has 0 saturated heterocycles. The van der Waals surface area contributed by atoms with E-state index in [1.807, 2.05) is 32.0 Å². The van der Waals surface area contributed by atoms with Gasteiger partial charge in [-0.2, -0.15) is 0 Å². The Morgan fingerprint density at radius 3 is 2.44 bits per heavy atom. The van der Waals surface area contributed by atoms with Gasteiger partial charge in [-0.3, -0.25) is 0 Å². The van der Waals surface area contributed by atoms with Crippen molar-refractivity contribution in [2.75, 3.05) is 0 Å². The molecule has 1 aromatic rings. The molecule has 1 aliphatic carbocycles. The van der Waals surface area contributed by atoms with E-state index in [0.29, 0.717) is 0 Å². The van der Waals surface area contributed by atoms with E-state index in [1.54, 1.807) is 0 Å². The minimum atomic E-state index is 0.0995. The van der Waals surface area contributed by atoms with E-state index in [2.05, 4.69) is 13.0 Å². The summed E-state index contributed by atoms with van der Waals surface area (Å²) < 4.78 is 5.81. The average Bonchev–Trinajstić information content (AvgIpc) is 2.97. The molecule has 2 N–H and O–H groups in total. The first-order valence-corrected chi connectivity index (χ1v) is 6.04. The van der Waals surface area contributed by atoms with E-state index in [4.69, 9.17) is 10.5 Å². The number of hydrogen-bond acceptors (Lipinski definition) is 2. The summed E-state index contributed by atoms with van der Waals surface area (Å²) in [6.45, 7) is 6.34. The predicted octanol–water partition coefficient (Wildman–Crippen LogP) is 3.27. The van der Waals surface area contributed by atoms with Gasteiger partial charge in [-0.25, -0.2) is 0 Å². The third-order valence-corrected chi connectivity index (χ3v) is 3.41. The predicted molar refractivity (Wildman–Crippen MR) is 66.5 cm³/mol. The van der Waals surface area contributed by atoms with E-state index >= 15 is 0 Å². The van der Waals surface area contributed by atoms with Crippen LogP contribution in [-0.2, 0) is 0 Å². The SMILES string of the molecule is CC(C)Oc1ccccc1C(N)C1(C)CC1. The number of para-hydroxylation sites is 1. The van der Waals surface area contributed by atoms with Crippen molar-refractivity contribution in [1.82, 2.24) is 0 Å². The highest BCUT2D eigenvalue weighted by molar-refractivity contribution is 5.37. The summed E-state index contributed by atoms with van der Waals surface area (Å²) in [5.41, 5.74) is 7.77. The molecule has 0 radical (unpaired) electrons. The molecule has 2 rings (SSSR count). The molecule has 0 heterocycles. The Labute approximate surface area is 97.8 Å². The van der Waals surface area contributed by atoms with Crippen molar-refractivity contribution in [3.8, 4) is 5.75 Å². The number of nitrogens with two attached hydrogens (primary N) is 1. The van der Waals surface area contributed by atoms with Crippen molar-refractivity contribution in [2.24, 2.45) is 11.1 Å². The van der Waals surface area contributed by atoms with Crippen molar-refractivity contribution < 1.29 is 4.74 Å². The molecular weight excluding hydrogens is 198 g/mol. The maximum Gasteiger partial charge on any atom is 0.124 e.